The molecule has 6 nitrogen and oxygen atoms in total. The van der Waals surface area contributed by atoms with Crippen LogP contribution in [0.3, 0.4) is 0 Å². The summed E-state index contributed by atoms with van der Waals surface area (Å²) in [6.45, 7) is -0.247. The van der Waals surface area contributed by atoms with Crippen LogP contribution in [0, 0.1) is 5.82 Å². The molecule has 0 radical (unpaired) electrons. The molecule has 0 aliphatic rings. The van der Waals surface area contributed by atoms with Gasteiger partial charge in [0.1, 0.15) is 11.6 Å². The van der Waals surface area contributed by atoms with Gasteiger partial charge >= 0.3 is 5.97 Å². The van der Waals surface area contributed by atoms with E-state index in [1.54, 1.807) is 6.20 Å². The number of hydrogen-bond donors (Lipinski definition) is 3. The highest BCUT2D eigenvalue weighted by atomic mass is 79.9. The molecule has 0 fully saturated rings. The number of amides is 1. The van der Waals surface area contributed by atoms with Crippen LogP contribution in [0.15, 0.2) is 53.1 Å². The quantitative estimate of drug-likeness (QED) is 0.570. The molecule has 0 aliphatic heterocycles. The van der Waals surface area contributed by atoms with E-state index in [1.807, 2.05) is 18.2 Å². The van der Waals surface area contributed by atoms with Crippen molar-refractivity contribution in [2.75, 3.05) is 6.54 Å². The minimum absolute atomic E-state index is 0.197. The van der Waals surface area contributed by atoms with Gasteiger partial charge in [0, 0.05) is 21.6 Å². The van der Waals surface area contributed by atoms with E-state index in [4.69, 9.17) is 4.74 Å². The predicted octanol–water partition coefficient (Wildman–Crippen LogP) is 3.33. The van der Waals surface area contributed by atoms with Gasteiger partial charge < -0.3 is 20.1 Å². The van der Waals surface area contributed by atoms with E-state index in [1.165, 1.54) is 12.1 Å². The molecule has 1 unspecified atom stereocenters. The molecule has 1 atom stereocenters. The van der Waals surface area contributed by atoms with Crippen LogP contribution in [0.2, 0.25) is 0 Å². The smallest absolute Gasteiger partial charge is 0.346 e. The summed E-state index contributed by atoms with van der Waals surface area (Å²) in [6.07, 6.45) is 0.250. The van der Waals surface area contributed by atoms with Gasteiger partial charge in [0.15, 0.2) is 0 Å². The zero-order valence-electron chi connectivity index (χ0n) is 13.3. The highest BCUT2D eigenvalue weighted by Crippen LogP contribution is 2.26. The lowest BCUT2D eigenvalue weighted by molar-refractivity contribution is -0.144. The number of ether oxygens (including phenoxy) is 1. The third kappa shape index (κ3) is 3.85. The lowest BCUT2D eigenvalue weighted by Crippen LogP contribution is -2.40. The maximum absolute atomic E-state index is 12.9. The van der Waals surface area contributed by atoms with Crippen molar-refractivity contribution < 1.29 is 23.8 Å². The summed E-state index contributed by atoms with van der Waals surface area (Å²) in [5.41, 5.74) is 1.17. The zero-order valence-corrected chi connectivity index (χ0v) is 14.9. The molecule has 26 heavy (non-hydrogen) atoms. The predicted molar refractivity (Wildman–Crippen MR) is 96.8 cm³/mol. The number of H-pyrrole nitrogens is 1. The number of carbonyl (C=O) groups excluding carboxylic acids is 1. The summed E-state index contributed by atoms with van der Waals surface area (Å²) >= 11 is 3.40. The third-order valence-electron chi connectivity index (χ3n) is 3.72. The lowest BCUT2D eigenvalue weighted by Gasteiger charge is -2.15. The molecule has 1 amide bonds. The van der Waals surface area contributed by atoms with E-state index in [0.717, 1.165) is 22.1 Å². The van der Waals surface area contributed by atoms with Gasteiger partial charge in [-0.3, -0.25) is 4.79 Å². The Kier molecular flexibility index (Phi) is 5.22. The molecule has 3 N–H and O–H groups in total. The van der Waals surface area contributed by atoms with E-state index in [-0.39, 0.29) is 12.3 Å². The Balaban J connectivity index is 1.71. The van der Waals surface area contributed by atoms with Crippen LogP contribution in [0.25, 0.3) is 10.9 Å². The Morgan fingerprint density at radius 2 is 1.96 bits per heavy atom. The van der Waals surface area contributed by atoms with Gasteiger partial charge in [-0.25, -0.2) is 9.18 Å². The fourth-order valence-corrected chi connectivity index (χ4v) is 3.04. The van der Waals surface area contributed by atoms with Crippen molar-refractivity contribution in [3.63, 3.8) is 0 Å². The van der Waals surface area contributed by atoms with Gasteiger partial charge in [0.05, 0.1) is 12.1 Å². The first-order valence-electron chi connectivity index (χ1n) is 7.64. The van der Waals surface area contributed by atoms with E-state index in [9.17, 15) is 19.1 Å². The molecule has 1 heterocycles. The van der Waals surface area contributed by atoms with Crippen LogP contribution in [0.5, 0.6) is 5.75 Å². The maximum Gasteiger partial charge on any atom is 0.346 e. The number of nitrogens with one attached hydrogen (secondary N) is 2. The topological polar surface area (TPSA) is 91.4 Å². The molecule has 3 aromatic rings. The van der Waals surface area contributed by atoms with Crippen LogP contribution in [-0.4, -0.2) is 34.6 Å². The minimum atomic E-state index is -1.31. The number of hydrogen-bond acceptors (Lipinski definition) is 3. The van der Waals surface area contributed by atoms with Crippen molar-refractivity contribution in [2.45, 2.75) is 6.10 Å². The van der Waals surface area contributed by atoms with Crippen LogP contribution >= 0.6 is 15.9 Å². The molecular weight excluding hydrogens is 407 g/mol. The summed E-state index contributed by atoms with van der Waals surface area (Å²) < 4.78 is 19.0. The largest absolute Gasteiger partial charge is 0.478 e. The van der Waals surface area contributed by atoms with E-state index < -0.39 is 23.8 Å². The Labute approximate surface area is 156 Å². The Morgan fingerprint density at radius 3 is 2.65 bits per heavy atom. The normalized spacial score (nSPS) is 11.9. The van der Waals surface area contributed by atoms with Crippen LogP contribution in [-0.2, 0) is 4.79 Å². The molecule has 0 bridgehead atoms. The van der Waals surface area contributed by atoms with Gasteiger partial charge in [-0.1, -0.05) is 22.0 Å². The number of aromatic amines is 1. The average molecular weight is 421 g/mol. The maximum atomic E-state index is 12.9. The van der Waals surface area contributed by atoms with Gasteiger partial charge in [0.2, 0.25) is 6.10 Å². The summed E-state index contributed by atoms with van der Waals surface area (Å²) in [5, 5.41) is 12.5. The molecule has 0 aliphatic carbocycles. The first-order chi connectivity index (χ1) is 12.5. The summed E-state index contributed by atoms with van der Waals surface area (Å²) in [6, 6.07) is 10.4. The monoisotopic (exact) mass is 420 g/mol. The Morgan fingerprint density at radius 1 is 1.23 bits per heavy atom. The molecule has 8 heteroatoms. The molecule has 1 aromatic heterocycles. The van der Waals surface area contributed by atoms with Crippen LogP contribution in [0.1, 0.15) is 10.4 Å². The number of carboxylic acid groups (broad SMARTS) is 1. The fourth-order valence-electron chi connectivity index (χ4n) is 2.46. The van der Waals surface area contributed by atoms with Crippen molar-refractivity contribution in [3.05, 3.63) is 64.5 Å². The van der Waals surface area contributed by atoms with Gasteiger partial charge in [-0.2, -0.15) is 0 Å². The van der Waals surface area contributed by atoms with Crippen molar-refractivity contribution in [1.29, 1.82) is 0 Å². The molecule has 3 rings (SSSR count). The van der Waals surface area contributed by atoms with Crippen LogP contribution in [0.4, 0.5) is 4.39 Å². The van der Waals surface area contributed by atoms with E-state index in [2.05, 4.69) is 26.2 Å². The molecule has 0 saturated heterocycles. The SMILES string of the molecule is O=C(NCC(Oc1ccc(F)cc1)C(=O)O)c1c[nH]c2cccc(Br)c12. The molecule has 0 saturated carbocycles. The third-order valence-corrected chi connectivity index (χ3v) is 4.38. The first-order valence-corrected chi connectivity index (χ1v) is 8.44. The first kappa shape index (κ1) is 17.9. The highest BCUT2D eigenvalue weighted by Gasteiger charge is 2.22. The number of halogens is 2. The van der Waals surface area contributed by atoms with Crippen molar-refractivity contribution in [2.24, 2.45) is 0 Å². The van der Waals surface area contributed by atoms with Gasteiger partial charge in [-0.05, 0) is 36.4 Å². The van der Waals surface area contributed by atoms with Crippen molar-refractivity contribution in [3.8, 4) is 5.75 Å². The molecular formula is C18H14BrFN2O4. The number of aliphatic carboxylic acids is 1. The summed E-state index contributed by atoms with van der Waals surface area (Å²) in [5.74, 6) is -1.93. The number of fused-ring (bicyclic) bond motifs is 1. The molecule has 0 spiro atoms. The second-order valence-corrected chi connectivity index (χ2v) is 6.33. The standard InChI is InChI=1S/C18H14BrFN2O4/c19-13-2-1-3-14-16(13)12(8-21-14)17(23)22-9-15(18(24)25)26-11-6-4-10(20)5-7-11/h1-8,15,21H,9H2,(H,22,23)(H,24,25). The fraction of sp³-hybridized carbons (Fsp3) is 0.111. The van der Waals surface area contributed by atoms with Crippen molar-refractivity contribution >= 4 is 38.7 Å². The van der Waals surface area contributed by atoms with Crippen molar-refractivity contribution in [1.82, 2.24) is 10.3 Å². The van der Waals surface area contributed by atoms with Gasteiger partial charge in [0.25, 0.3) is 5.91 Å². The number of aromatic nitrogens is 1. The van der Waals surface area contributed by atoms with Crippen LogP contribution < -0.4 is 10.1 Å². The molecule has 2 aromatic carbocycles. The van der Waals surface area contributed by atoms with E-state index >= 15 is 0 Å². The number of carboxylic acids is 1. The minimum Gasteiger partial charge on any atom is -0.478 e. The Hall–Kier alpha value is -2.87. The second-order valence-electron chi connectivity index (χ2n) is 5.47. The lowest BCUT2D eigenvalue weighted by atomic mass is 10.1. The molecule has 134 valence electrons. The number of carbonyl (C=O) groups is 2. The second kappa shape index (κ2) is 7.57. The summed E-state index contributed by atoms with van der Waals surface area (Å²) in [4.78, 5) is 26.8. The number of rotatable bonds is 6. The summed E-state index contributed by atoms with van der Waals surface area (Å²) in [7, 11) is 0. The number of benzene rings is 2. The van der Waals surface area contributed by atoms with Gasteiger partial charge in [-0.15, -0.1) is 0 Å². The van der Waals surface area contributed by atoms with E-state index in [0.29, 0.717) is 10.9 Å². The zero-order chi connectivity index (χ0) is 18.7. The Bertz CT molecular complexity index is 955. The highest BCUT2D eigenvalue weighted by molar-refractivity contribution is 9.10. The average Bonchev–Trinajstić information content (AvgIpc) is 3.05.